The van der Waals surface area contributed by atoms with Crippen molar-refractivity contribution < 1.29 is 4.79 Å². The topological polar surface area (TPSA) is 46.3 Å². The van der Waals surface area contributed by atoms with Crippen LogP contribution in [0, 0.1) is 5.41 Å². The summed E-state index contributed by atoms with van der Waals surface area (Å²) in [5.41, 5.74) is 7.76. The minimum atomic E-state index is -0.0748. The molecule has 0 aliphatic heterocycles. The normalized spacial score (nSPS) is 11.4. The van der Waals surface area contributed by atoms with Crippen molar-refractivity contribution in [2.24, 2.45) is 11.1 Å². The zero-order valence-electron chi connectivity index (χ0n) is 12.8. The van der Waals surface area contributed by atoms with E-state index in [1.54, 1.807) is 4.90 Å². The van der Waals surface area contributed by atoms with Crippen LogP contribution in [-0.4, -0.2) is 30.9 Å². The summed E-state index contributed by atoms with van der Waals surface area (Å²) < 4.78 is 0. The van der Waals surface area contributed by atoms with Gasteiger partial charge in [0.2, 0.25) is 0 Å². The maximum absolute atomic E-state index is 12.7. The van der Waals surface area contributed by atoms with E-state index in [4.69, 9.17) is 5.73 Å². The van der Waals surface area contributed by atoms with Gasteiger partial charge in [-0.05, 0) is 29.0 Å². The first kappa shape index (κ1) is 15.7. The van der Waals surface area contributed by atoms with Crippen LogP contribution in [0.3, 0.4) is 0 Å². The molecule has 0 unspecified atom stereocenters. The fourth-order valence-corrected chi connectivity index (χ4v) is 3.18. The van der Waals surface area contributed by atoms with Crippen molar-refractivity contribution in [3.8, 4) is 11.1 Å². The number of hydrogen-bond acceptors (Lipinski definition) is 3. The smallest absolute Gasteiger partial charge is 0.264 e. The van der Waals surface area contributed by atoms with E-state index in [9.17, 15) is 4.79 Å². The van der Waals surface area contributed by atoms with Crippen LogP contribution < -0.4 is 5.73 Å². The number of nitrogens with two attached hydrogens (primary N) is 1. The van der Waals surface area contributed by atoms with E-state index < -0.39 is 0 Å². The van der Waals surface area contributed by atoms with E-state index in [0.29, 0.717) is 13.1 Å². The first-order chi connectivity index (χ1) is 9.94. The standard InChI is InChI=1S/C17H22N2OS/c1-17(2,11-18)12-19(3)16(20)15-14(9-10-21-15)13-7-5-4-6-8-13/h4-10H,11-12,18H2,1-3H3. The highest BCUT2D eigenvalue weighted by Gasteiger charge is 2.24. The summed E-state index contributed by atoms with van der Waals surface area (Å²) in [6.07, 6.45) is 0. The Bertz CT molecular complexity index is 604. The molecule has 2 rings (SSSR count). The summed E-state index contributed by atoms with van der Waals surface area (Å²) in [6, 6.07) is 12.0. The van der Waals surface area contributed by atoms with Gasteiger partial charge < -0.3 is 10.6 Å². The third-order valence-corrected chi connectivity index (χ3v) is 4.41. The summed E-state index contributed by atoms with van der Waals surface area (Å²) in [5.74, 6) is 0.0605. The molecule has 2 aromatic rings. The highest BCUT2D eigenvalue weighted by molar-refractivity contribution is 7.12. The molecule has 4 heteroatoms. The molecule has 1 aromatic heterocycles. The second-order valence-corrected chi connectivity index (χ2v) is 6.98. The molecule has 0 fully saturated rings. The Labute approximate surface area is 130 Å². The lowest BCUT2D eigenvalue weighted by molar-refractivity contribution is 0.0746. The van der Waals surface area contributed by atoms with E-state index >= 15 is 0 Å². The Morgan fingerprint density at radius 3 is 2.52 bits per heavy atom. The molecule has 0 spiro atoms. The van der Waals surface area contributed by atoms with Crippen LogP contribution >= 0.6 is 11.3 Å². The molecule has 2 N–H and O–H groups in total. The first-order valence-electron chi connectivity index (χ1n) is 7.03. The van der Waals surface area contributed by atoms with Gasteiger partial charge in [-0.2, -0.15) is 0 Å². The Morgan fingerprint density at radius 1 is 1.24 bits per heavy atom. The fourth-order valence-electron chi connectivity index (χ4n) is 2.27. The van der Waals surface area contributed by atoms with Crippen molar-refractivity contribution in [1.29, 1.82) is 0 Å². The van der Waals surface area contributed by atoms with E-state index in [1.165, 1.54) is 11.3 Å². The highest BCUT2D eigenvalue weighted by atomic mass is 32.1. The second-order valence-electron chi connectivity index (χ2n) is 6.06. The van der Waals surface area contributed by atoms with E-state index in [2.05, 4.69) is 13.8 Å². The first-order valence-corrected chi connectivity index (χ1v) is 7.91. The van der Waals surface area contributed by atoms with E-state index in [1.807, 2.05) is 48.8 Å². The Morgan fingerprint density at radius 2 is 1.90 bits per heavy atom. The average Bonchev–Trinajstić information content (AvgIpc) is 2.96. The molecular weight excluding hydrogens is 280 g/mol. The molecule has 0 saturated carbocycles. The molecule has 0 aliphatic rings. The zero-order chi connectivity index (χ0) is 15.5. The highest BCUT2D eigenvalue weighted by Crippen LogP contribution is 2.29. The molecule has 3 nitrogen and oxygen atoms in total. The molecule has 0 radical (unpaired) electrons. The van der Waals surface area contributed by atoms with E-state index in [0.717, 1.165) is 16.0 Å². The predicted molar refractivity (Wildman–Crippen MR) is 89.6 cm³/mol. The molecule has 0 saturated heterocycles. The van der Waals surface area contributed by atoms with Gasteiger partial charge in [-0.3, -0.25) is 4.79 Å². The van der Waals surface area contributed by atoms with Crippen molar-refractivity contribution in [2.45, 2.75) is 13.8 Å². The maximum Gasteiger partial charge on any atom is 0.264 e. The summed E-state index contributed by atoms with van der Waals surface area (Å²) in [6.45, 7) is 5.35. The Balaban J connectivity index is 2.23. The lowest BCUT2D eigenvalue weighted by Crippen LogP contribution is -2.39. The third-order valence-electron chi connectivity index (χ3n) is 3.51. The van der Waals surface area contributed by atoms with Crippen LogP contribution in [-0.2, 0) is 0 Å². The number of rotatable bonds is 5. The van der Waals surface area contributed by atoms with E-state index in [-0.39, 0.29) is 11.3 Å². The summed E-state index contributed by atoms with van der Waals surface area (Å²) in [4.78, 5) is 15.2. The van der Waals surface area contributed by atoms with Gasteiger partial charge >= 0.3 is 0 Å². The van der Waals surface area contributed by atoms with Crippen molar-refractivity contribution in [1.82, 2.24) is 4.90 Å². The maximum atomic E-state index is 12.7. The van der Waals surface area contributed by atoms with Crippen LogP contribution in [0.15, 0.2) is 41.8 Å². The van der Waals surface area contributed by atoms with Gasteiger partial charge in [-0.25, -0.2) is 0 Å². The van der Waals surface area contributed by atoms with Crippen molar-refractivity contribution in [3.63, 3.8) is 0 Å². The molecule has 0 atom stereocenters. The van der Waals surface area contributed by atoms with Gasteiger partial charge in [-0.15, -0.1) is 11.3 Å². The van der Waals surface area contributed by atoms with Gasteiger partial charge in [0.1, 0.15) is 0 Å². The molecule has 0 bridgehead atoms. The molecular formula is C17H22N2OS. The lowest BCUT2D eigenvalue weighted by Gasteiger charge is -2.29. The van der Waals surface area contributed by atoms with Crippen LogP contribution in [0.2, 0.25) is 0 Å². The average molecular weight is 302 g/mol. The molecule has 1 amide bonds. The van der Waals surface area contributed by atoms with Crippen LogP contribution in [0.4, 0.5) is 0 Å². The van der Waals surface area contributed by atoms with Gasteiger partial charge in [0.05, 0.1) is 4.88 Å². The number of carbonyl (C=O) groups excluding carboxylic acids is 1. The lowest BCUT2D eigenvalue weighted by atomic mass is 9.93. The molecule has 0 aliphatic carbocycles. The zero-order valence-corrected chi connectivity index (χ0v) is 13.6. The molecule has 1 heterocycles. The van der Waals surface area contributed by atoms with Gasteiger partial charge in [0.25, 0.3) is 5.91 Å². The molecule has 1 aromatic carbocycles. The number of benzene rings is 1. The summed E-state index contributed by atoms with van der Waals surface area (Å²) >= 11 is 1.49. The van der Waals surface area contributed by atoms with Crippen molar-refractivity contribution >= 4 is 17.2 Å². The van der Waals surface area contributed by atoms with Crippen molar-refractivity contribution in [2.75, 3.05) is 20.1 Å². The van der Waals surface area contributed by atoms with Gasteiger partial charge in [0, 0.05) is 19.2 Å². The van der Waals surface area contributed by atoms with Gasteiger partial charge in [0.15, 0.2) is 0 Å². The molecule has 21 heavy (non-hydrogen) atoms. The van der Waals surface area contributed by atoms with Crippen LogP contribution in [0.5, 0.6) is 0 Å². The quantitative estimate of drug-likeness (QED) is 0.919. The van der Waals surface area contributed by atoms with Crippen LogP contribution in [0.1, 0.15) is 23.5 Å². The van der Waals surface area contributed by atoms with Crippen LogP contribution in [0.25, 0.3) is 11.1 Å². The Hall–Kier alpha value is -1.65. The van der Waals surface area contributed by atoms with Gasteiger partial charge in [-0.1, -0.05) is 44.2 Å². The SMILES string of the molecule is CN(CC(C)(C)CN)C(=O)c1sccc1-c1ccccc1. The fraction of sp³-hybridized carbons (Fsp3) is 0.353. The predicted octanol–water partition coefficient (Wildman–Crippen LogP) is 3.47. The minimum absolute atomic E-state index is 0.0605. The largest absolute Gasteiger partial charge is 0.340 e. The summed E-state index contributed by atoms with van der Waals surface area (Å²) in [5, 5.41) is 1.97. The number of hydrogen-bond donors (Lipinski definition) is 1. The van der Waals surface area contributed by atoms with Crippen molar-refractivity contribution in [3.05, 3.63) is 46.7 Å². The number of thiophene rings is 1. The number of amides is 1. The second kappa shape index (κ2) is 6.41. The molecule has 112 valence electrons. The number of carbonyl (C=O) groups is 1. The monoisotopic (exact) mass is 302 g/mol. The Kier molecular flexibility index (Phi) is 4.80. The number of nitrogens with zero attached hydrogens (tertiary/aromatic N) is 1. The summed E-state index contributed by atoms with van der Waals surface area (Å²) in [7, 11) is 1.84. The third kappa shape index (κ3) is 3.71. The minimum Gasteiger partial charge on any atom is -0.340 e.